The Morgan fingerprint density at radius 1 is 1.32 bits per heavy atom. The first-order valence-corrected chi connectivity index (χ1v) is 9.77. The first-order valence-electron chi connectivity index (χ1n) is 9.77. The van der Waals surface area contributed by atoms with Gasteiger partial charge in [0.1, 0.15) is 11.3 Å². The number of nitrogens with zero attached hydrogens (tertiary/aromatic N) is 3. The highest BCUT2D eigenvalue weighted by molar-refractivity contribution is 5.93. The molecule has 0 saturated carbocycles. The molecule has 1 aromatic carbocycles. The minimum Gasteiger partial charge on any atom is -0.376 e. The second-order valence-electron chi connectivity index (χ2n) is 7.25. The van der Waals surface area contributed by atoms with E-state index in [1.165, 1.54) is 0 Å². The van der Waals surface area contributed by atoms with Crippen molar-refractivity contribution < 1.29 is 9.53 Å². The van der Waals surface area contributed by atoms with E-state index in [0.717, 1.165) is 36.2 Å². The molecule has 28 heavy (non-hydrogen) atoms. The Bertz CT molecular complexity index is 972. The van der Waals surface area contributed by atoms with Crippen molar-refractivity contribution >= 4 is 17.6 Å². The number of benzene rings is 1. The molecule has 1 atom stereocenters. The molecule has 0 bridgehead atoms. The molecule has 1 aliphatic rings. The number of ether oxygens (including phenoxy) is 1. The molecular formula is C23H25N3O2. The van der Waals surface area contributed by atoms with Crippen molar-refractivity contribution in [3.63, 3.8) is 0 Å². The van der Waals surface area contributed by atoms with E-state index in [2.05, 4.69) is 4.98 Å². The van der Waals surface area contributed by atoms with Crippen LogP contribution in [-0.2, 0) is 4.74 Å². The third-order valence-corrected chi connectivity index (χ3v) is 5.01. The van der Waals surface area contributed by atoms with Crippen molar-refractivity contribution in [1.29, 1.82) is 0 Å². The zero-order valence-corrected chi connectivity index (χ0v) is 16.1. The van der Waals surface area contributed by atoms with Gasteiger partial charge in [-0.2, -0.15) is 0 Å². The molecule has 5 nitrogen and oxygen atoms in total. The molecule has 1 fully saturated rings. The fourth-order valence-corrected chi connectivity index (χ4v) is 3.50. The molecule has 2 aromatic heterocycles. The largest absolute Gasteiger partial charge is 0.376 e. The Hall–Kier alpha value is -2.92. The van der Waals surface area contributed by atoms with Gasteiger partial charge in [0.15, 0.2) is 0 Å². The van der Waals surface area contributed by atoms with Crippen molar-refractivity contribution in [2.75, 3.05) is 19.7 Å². The first kappa shape index (κ1) is 18.4. The maximum Gasteiger partial charge on any atom is 0.274 e. The van der Waals surface area contributed by atoms with Crippen LogP contribution in [-0.4, -0.2) is 46.0 Å². The fraction of sp³-hybridized carbons (Fsp3) is 0.304. The summed E-state index contributed by atoms with van der Waals surface area (Å²) in [4.78, 5) is 19.6. The Morgan fingerprint density at radius 3 is 2.96 bits per heavy atom. The van der Waals surface area contributed by atoms with Gasteiger partial charge in [-0.3, -0.25) is 4.79 Å². The number of rotatable bonds is 6. The van der Waals surface area contributed by atoms with E-state index in [1.807, 2.05) is 77.0 Å². The number of carbonyl (C=O) groups is 1. The van der Waals surface area contributed by atoms with Gasteiger partial charge in [0.05, 0.1) is 6.10 Å². The normalized spacial score (nSPS) is 16.8. The number of imidazole rings is 1. The van der Waals surface area contributed by atoms with Gasteiger partial charge >= 0.3 is 0 Å². The maximum atomic E-state index is 13.2. The molecule has 3 heterocycles. The van der Waals surface area contributed by atoms with Crippen molar-refractivity contribution in [2.24, 2.45) is 0 Å². The van der Waals surface area contributed by atoms with E-state index in [1.54, 1.807) is 6.20 Å². The molecule has 3 aromatic rings. The lowest BCUT2D eigenvalue weighted by Gasteiger charge is -2.23. The Labute approximate surface area is 165 Å². The van der Waals surface area contributed by atoms with Crippen LogP contribution in [0.4, 0.5) is 0 Å². The van der Waals surface area contributed by atoms with E-state index < -0.39 is 0 Å². The van der Waals surface area contributed by atoms with E-state index in [4.69, 9.17) is 4.74 Å². The lowest BCUT2D eigenvalue weighted by molar-refractivity contribution is 0.0550. The molecule has 4 rings (SSSR count). The number of aromatic nitrogens is 2. The summed E-state index contributed by atoms with van der Waals surface area (Å²) in [6.07, 6.45) is 9.98. The summed E-state index contributed by atoms with van der Waals surface area (Å²) >= 11 is 0. The number of aryl methyl sites for hydroxylation is 1. The number of fused-ring (bicyclic) bond motifs is 1. The lowest BCUT2D eigenvalue weighted by atomic mass is 10.2. The summed E-state index contributed by atoms with van der Waals surface area (Å²) in [7, 11) is 0. The Kier molecular flexibility index (Phi) is 5.53. The third kappa shape index (κ3) is 4.31. The molecule has 1 saturated heterocycles. The van der Waals surface area contributed by atoms with Crippen LogP contribution in [0.5, 0.6) is 0 Å². The summed E-state index contributed by atoms with van der Waals surface area (Å²) in [6, 6.07) is 14.1. The monoisotopic (exact) mass is 375 g/mol. The zero-order chi connectivity index (χ0) is 19.3. The molecule has 1 amide bonds. The molecule has 0 N–H and O–H groups in total. The van der Waals surface area contributed by atoms with Crippen molar-refractivity contribution in [2.45, 2.75) is 25.9 Å². The Balaban J connectivity index is 1.53. The van der Waals surface area contributed by atoms with Crippen LogP contribution in [0.15, 0.2) is 60.9 Å². The Morgan fingerprint density at radius 2 is 2.18 bits per heavy atom. The van der Waals surface area contributed by atoms with Crippen molar-refractivity contribution in [3.8, 4) is 0 Å². The highest BCUT2D eigenvalue weighted by Gasteiger charge is 2.24. The van der Waals surface area contributed by atoms with Gasteiger partial charge in [0.2, 0.25) is 0 Å². The van der Waals surface area contributed by atoms with Crippen LogP contribution < -0.4 is 0 Å². The van der Waals surface area contributed by atoms with Gasteiger partial charge in [-0.1, -0.05) is 42.5 Å². The van der Waals surface area contributed by atoms with Crippen molar-refractivity contribution in [1.82, 2.24) is 14.3 Å². The predicted molar refractivity (Wildman–Crippen MR) is 110 cm³/mol. The maximum absolute atomic E-state index is 13.2. The molecule has 5 heteroatoms. The summed E-state index contributed by atoms with van der Waals surface area (Å²) in [6.45, 7) is 3.92. The average Bonchev–Trinajstić information content (AvgIpc) is 3.36. The van der Waals surface area contributed by atoms with Gasteiger partial charge in [-0.05, 0) is 43.0 Å². The molecule has 0 unspecified atom stereocenters. The molecular weight excluding hydrogens is 350 g/mol. The first-order chi connectivity index (χ1) is 13.7. The quantitative estimate of drug-likeness (QED) is 0.655. The van der Waals surface area contributed by atoms with Crippen molar-refractivity contribution in [3.05, 3.63) is 77.8 Å². The minimum absolute atomic E-state index is 0.0606. The summed E-state index contributed by atoms with van der Waals surface area (Å²) in [5.41, 5.74) is 3.51. The van der Waals surface area contributed by atoms with E-state index in [-0.39, 0.29) is 12.0 Å². The number of carbonyl (C=O) groups excluding carboxylic acids is 1. The van der Waals surface area contributed by atoms with Crippen LogP contribution in [0.25, 0.3) is 11.7 Å². The third-order valence-electron chi connectivity index (χ3n) is 5.01. The van der Waals surface area contributed by atoms with Gasteiger partial charge in [0, 0.05) is 32.1 Å². The number of amides is 1. The zero-order valence-electron chi connectivity index (χ0n) is 16.1. The second-order valence-corrected chi connectivity index (χ2v) is 7.25. The van der Waals surface area contributed by atoms with Crippen LogP contribution in [0.3, 0.4) is 0 Å². The van der Waals surface area contributed by atoms with Gasteiger partial charge in [-0.25, -0.2) is 4.98 Å². The number of hydrogen-bond acceptors (Lipinski definition) is 3. The molecule has 144 valence electrons. The minimum atomic E-state index is -0.0606. The highest BCUT2D eigenvalue weighted by Crippen LogP contribution is 2.16. The summed E-state index contributed by atoms with van der Waals surface area (Å²) in [5.74, 6) is -0.0606. The number of hydrogen-bond donors (Lipinski definition) is 0. The number of pyridine rings is 1. The van der Waals surface area contributed by atoms with Gasteiger partial charge < -0.3 is 14.0 Å². The molecule has 1 aliphatic heterocycles. The fourth-order valence-electron chi connectivity index (χ4n) is 3.50. The van der Waals surface area contributed by atoms with Crippen LogP contribution in [0.1, 0.15) is 34.5 Å². The topological polar surface area (TPSA) is 46.8 Å². The van der Waals surface area contributed by atoms with E-state index in [0.29, 0.717) is 18.8 Å². The van der Waals surface area contributed by atoms with Gasteiger partial charge in [-0.15, -0.1) is 0 Å². The molecule has 0 radical (unpaired) electrons. The molecule has 0 spiro atoms. The van der Waals surface area contributed by atoms with Gasteiger partial charge in [0.25, 0.3) is 5.91 Å². The summed E-state index contributed by atoms with van der Waals surface area (Å²) < 4.78 is 7.66. The van der Waals surface area contributed by atoms with Crippen LogP contribution >= 0.6 is 0 Å². The highest BCUT2D eigenvalue weighted by atomic mass is 16.5. The average molecular weight is 375 g/mol. The van der Waals surface area contributed by atoms with Crippen LogP contribution in [0, 0.1) is 6.92 Å². The second kappa shape index (κ2) is 8.40. The van der Waals surface area contributed by atoms with E-state index >= 15 is 0 Å². The van der Waals surface area contributed by atoms with E-state index in [9.17, 15) is 4.79 Å². The SMILES string of the molecule is Cc1ccn2cc(C(=O)N(C/C=C/c3ccccc3)C[C@H]3CCCO3)nc2c1. The summed E-state index contributed by atoms with van der Waals surface area (Å²) in [5, 5.41) is 0. The standard InChI is InChI=1S/C23H25N3O2/c1-18-11-13-25-17-21(24-22(25)15-18)23(27)26(16-20-10-6-14-28-20)12-5-9-19-7-3-2-4-8-19/h2-5,7-9,11,13,15,17,20H,6,10,12,14,16H2,1H3/b9-5+/t20-/m1/s1. The van der Waals surface area contributed by atoms with Crippen LogP contribution in [0.2, 0.25) is 0 Å². The molecule has 0 aliphatic carbocycles. The lowest BCUT2D eigenvalue weighted by Crippen LogP contribution is -2.37. The smallest absolute Gasteiger partial charge is 0.274 e. The predicted octanol–water partition coefficient (Wildman–Crippen LogP) is 3.98.